The summed E-state index contributed by atoms with van der Waals surface area (Å²) in [5.41, 5.74) is 3.23. The van der Waals surface area contributed by atoms with Gasteiger partial charge < -0.3 is 9.42 Å². The minimum Gasteiger partial charge on any atom is -0.339 e. The number of fused-ring (bicyclic) bond motifs is 1. The standard InChI is InChI=1S/C19H18N4O2/c24-18(23-12-10-14-5-1-2-6-15(14)13-23)9-8-17-21-19(22-25-17)16-7-3-4-11-20-16/h1-7,11H,8-10,12-13H2. The minimum absolute atomic E-state index is 0.118. The van der Waals surface area contributed by atoms with Gasteiger partial charge in [-0.1, -0.05) is 35.5 Å². The zero-order valence-electron chi connectivity index (χ0n) is 13.8. The molecule has 0 bridgehead atoms. The first-order valence-corrected chi connectivity index (χ1v) is 8.38. The Morgan fingerprint density at radius 2 is 1.96 bits per heavy atom. The van der Waals surface area contributed by atoms with Crippen LogP contribution in [0.3, 0.4) is 0 Å². The molecular formula is C19H18N4O2. The smallest absolute Gasteiger partial charge is 0.227 e. The van der Waals surface area contributed by atoms with Crippen molar-refractivity contribution in [3.63, 3.8) is 0 Å². The maximum Gasteiger partial charge on any atom is 0.227 e. The van der Waals surface area contributed by atoms with Gasteiger partial charge in [0.15, 0.2) is 0 Å². The van der Waals surface area contributed by atoms with E-state index in [2.05, 4.69) is 27.3 Å². The lowest BCUT2D eigenvalue weighted by molar-refractivity contribution is -0.132. The van der Waals surface area contributed by atoms with Crippen LogP contribution in [0.4, 0.5) is 0 Å². The van der Waals surface area contributed by atoms with Gasteiger partial charge in [0.2, 0.25) is 17.6 Å². The van der Waals surface area contributed by atoms with E-state index in [1.165, 1.54) is 11.1 Å². The predicted molar refractivity (Wildman–Crippen MR) is 91.4 cm³/mol. The normalized spacial score (nSPS) is 13.5. The predicted octanol–water partition coefficient (Wildman–Crippen LogP) is 2.65. The quantitative estimate of drug-likeness (QED) is 0.733. The van der Waals surface area contributed by atoms with Crippen molar-refractivity contribution < 1.29 is 9.32 Å². The Bertz CT molecular complexity index is 876. The zero-order chi connectivity index (χ0) is 17.1. The van der Waals surface area contributed by atoms with Crippen LogP contribution >= 0.6 is 0 Å². The summed E-state index contributed by atoms with van der Waals surface area (Å²) in [5.74, 6) is 1.04. The molecule has 1 aliphatic heterocycles. The van der Waals surface area contributed by atoms with Crippen LogP contribution in [-0.4, -0.2) is 32.5 Å². The summed E-state index contributed by atoms with van der Waals surface area (Å²) < 4.78 is 5.24. The number of amides is 1. The molecule has 1 aliphatic rings. The molecule has 1 aromatic carbocycles. The van der Waals surface area contributed by atoms with E-state index in [0.717, 1.165) is 13.0 Å². The van der Waals surface area contributed by atoms with Gasteiger partial charge in [-0.2, -0.15) is 4.98 Å². The number of pyridine rings is 1. The maximum atomic E-state index is 12.5. The summed E-state index contributed by atoms with van der Waals surface area (Å²) in [6.45, 7) is 1.44. The summed E-state index contributed by atoms with van der Waals surface area (Å²) in [4.78, 5) is 22.9. The molecule has 126 valence electrons. The van der Waals surface area contributed by atoms with Crippen molar-refractivity contribution in [1.29, 1.82) is 0 Å². The molecule has 0 radical (unpaired) electrons. The van der Waals surface area contributed by atoms with Gasteiger partial charge in [-0.25, -0.2) is 0 Å². The van der Waals surface area contributed by atoms with Gasteiger partial charge in [0.05, 0.1) is 0 Å². The third-order valence-corrected chi connectivity index (χ3v) is 4.40. The molecule has 3 aromatic rings. The van der Waals surface area contributed by atoms with Crippen molar-refractivity contribution in [1.82, 2.24) is 20.0 Å². The zero-order valence-corrected chi connectivity index (χ0v) is 13.8. The van der Waals surface area contributed by atoms with E-state index in [-0.39, 0.29) is 5.91 Å². The maximum absolute atomic E-state index is 12.5. The van der Waals surface area contributed by atoms with Crippen LogP contribution in [0.25, 0.3) is 11.5 Å². The van der Waals surface area contributed by atoms with Crippen molar-refractivity contribution in [2.45, 2.75) is 25.8 Å². The summed E-state index contributed by atoms with van der Waals surface area (Å²) in [7, 11) is 0. The molecule has 0 saturated heterocycles. The number of carbonyl (C=O) groups excluding carboxylic acids is 1. The Morgan fingerprint density at radius 3 is 2.80 bits per heavy atom. The first-order valence-electron chi connectivity index (χ1n) is 8.38. The summed E-state index contributed by atoms with van der Waals surface area (Å²) in [6, 6.07) is 13.8. The first-order chi connectivity index (χ1) is 12.3. The van der Waals surface area contributed by atoms with Gasteiger partial charge in [-0.15, -0.1) is 0 Å². The number of aromatic nitrogens is 3. The van der Waals surface area contributed by atoms with Crippen LogP contribution in [0.1, 0.15) is 23.4 Å². The average Bonchev–Trinajstić information content (AvgIpc) is 3.15. The fourth-order valence-electron chi connectivity index (χ4n) is 3.04. The SMILES string of the molecule is O=C(CCc1nc(-c2ccccn2)no1)N1CCc2ccccc2C1. The molecule has 3 heterocycles. The highest BCUT2D eigenvalue weighted by Gasteiger charge is 2.21. The average molecular weight is 334 g/mol. The fourth-order valence-corrected chi connectivity index (χ4v) is 3.04. The molecule has 25 heavy (non-hydrogen) atoms. The van der Waals surface area contributed by atoms with E-state index in [1.54, 1.807) is 6.20 Å². The second-order valence-corrected chi connectivity index (χ2v) is 6.06. The molecule has 0 saturated carbocycles. The number of aryl methyl sites for hydroxylation is 1. The molecule has 0 spiro atoms. The Hall–Kier alpha value is -3.02. The van der Waals surface area contributed by atoms with E-state index in [1.807, 2.05) is 35.2 Å². The highest BCUT2D eigenvalue weighted by atomic mass is 16.5. The Morgan fingerprint density at radius 1 is 1.12 bits per heavy atom. The van der Waals surface area contributed by atoms with Crippen molar-refractivity contribution in [3.8, 4) is 11.5 Å². The van der Waals surface area contributed by atoms with Crippen molar-refractivity contribution >= 4 is 5.91 Å². The molecule has 1 amide bonds. The van der Waals surface area contributed by atoms with Gasteiger partial charge in [-0.05, 0) is 29.7 Å². The third-order valence-electron chi connectivity index (χ3n) is 4.40. The number of rotatable bonds is 4. The molecular weight excluding hydrogens is 316 g/mol. The summed E-state index contributed by atoms with van der Waals surface area (Å²) >= 11 is 0. The van der Waals surface area contributed by atoms with Crippen LogP contribution in [0.2, 0.25) is 0 Å². The molecule has 0 fully saturated rings. The molecule has 6 nitrogen and oxygen atoms in total. The summed E-state index contributed by atoms with van der Waals surface area (Å²) in [5, 5.41) is 3.93. The lowest BCUT2D eigenvalue weighted by atomic mass is 9.99. The Kier molecular flexibility index (Phi) is 4.24. The van der Waals surface area contributed by atoms with Gasteiger partial charge in [0.1, 0.15) is 5.69 Å². The monoisotopic (exact) mass is 334 g/mol. The minimum atomic E-state index is 0.118. The topological polar surface area (TPSA) is 72.1 Å². The number of hydrogen-bond donors (Lipinski definition) is 0. The molecule has 0 aliphatic carbocycles. The van der Waals surface area contributed by atoms with Gasteiger partial charge in [-0.3, -0.25) is 9.78 Å². The lowest BCUT2D eigenvalue weighted by Crippen LogP contribution is -2.36. The number of nitrogens with zero attached hydrogens (tertiary/aromatic N) is 4. The Balaban J connectivity index is 1.36. The lowest BCUT2D eigenvalue weighted by Gasteiger charge is -2.28. The van der Waals surface area contributed by atoms with E-state index in [9.17, 15) is 4.79 Å². The van der Waals surface area contributed by atoms with Crippen LogP contribution in [0.5, 0.6) is 0 Å². The van der Waals surface area contributed by atoms with Gasteiger partial charge in [0.25, 0.3) is 0 Å². The molecule has 6 heteroatoms. The Labute approximate surface area is 145 Å². The van der Waals surface area contributed by atoms with Crippen LogP contribution < -0.4 is 0 Å². The van der Waals surface area contributed by atoms with Crippen LogP contribution in [-0.2, 0) is 24.2 Å². The fraction of sp³-hybridized carbons (Fsp3) is 0.263. The van der Waals surface area contributed by atoms with Gasteiger partial charge >= 0.3 is 0 Å². The highest BCUT2D eigenvalue weighted by Crippen LogP contribution is 2.19. The van der Waals surface area contributed by atoms with Crippen molar-refractivity contribution in [2.75, 3.05) is 6.54 Å². The van der Waals surface area contributed by atoms with E-state index < -0.39 is 0 Å². The van der Waals surface area contributed by atoms with Crippen LogP contribution in [0, 0.1) is 0 Å². The van der Waals surface area contributed by atoms with Crippen molar-refractivity contribution in [2.24, 2.45) is 0 Å². The summed E-state index contributed by atoms with van der Waals surface area (Å²) in [6.07, 6.45) is 3.40. The number of carbonyl (C=O) groups is 1. The van der Waals surface area contributed by atoms with Crippen molar-refractivity contribution in [3.05, 3.63) is 65.7 Å². The van der Waals surface area contributed by atoms with E-state index >= 15 is 0 Å². The largest absolute Gasteiger partial charge is 0.339 e. The van der Waals surface area contributed by atoms with E-state index in [4.69, 9.17) is 4.52 Å². The molecule has 0 atom stereocenters. The second-order valence-electron chi connectivity index (χ2n) is 6.06. The molecule has 0 N–H and O–H groups in total. The highest BCUT2D eigenvalue weighted by molar-refractivity contribution is 5.76. The first kappa shape index (κ1) is 15.5. The van der Waals surface area contributed by atoms with Gasteiger partial charge in [0, 0.05) is 32.1 Å². The third kappa shape index (κ3) is 3.42. The molecule has 0 unspecified atom stereocenters. The second kappa shape index (κ2) is 6.84. The number of hydrogen-bond acceptors (Lipinski definition) is 5. The van der Waals surface area contributed by atoms with E-state index in [0.29, 0.717) is 36.8 Å². The molecule has 4 rings (SSSR count). The number of benzene rings is 1. The van der Waals surface area contributed by atoms with Crippen LogP contribution in [0.15, 0.2) is 53.2 Å². The molecule has 2 aromatic heterocycles.